The topological polar surface area (TPSA) is 59.7 Å². The fraction of sp³-hybridized carbons (Fsp3) is 0.692. The maximum Gasteiger partial charge on any atom is 0.191 e. The number of thioether (sulfide) groups is 1. The molecule has 2 aromatic rings. The van der Waals surface area contributed by atoms with Crippen molar-refractivity contribution in [3.05, 3.63) is 0 Å². The molecule has 0 saturated carbocycles. The molecule has 0 radical (unpaired) electrons. The zero-order chi connectivity index (χ0) is 14.8. The Morgan fingerprint density at radius 1 is 1.38 bits per heavy atom. The highest BCUT2D eigenvalue weighted by atomic mass is 35.5. The van der Waals surface area contributed by atoms with E-state index in [0.29, 0.717) is 11.9 Å². The summed E-state index contributed by atoms with van der Waals surface area (Å²) in [4.78, 5) is 11.6. The first-order chi connectivity index (χ1) is 10.2. The second-order valence-electron chi connectivity index (χ2n) is 5.21. The van der Waals surface area contributed by atoms with Gasteiger partial charge in [0.2, 0.25) is 0 Å². The fourth-order valence-corrected chi connectivity index (χ4v) is 3.62. The number of aryl methyl sites for hydroxylation is 1. The van der Waals surface area contributed by atoms with Gasteiger partial charge in [0.05, 0.1) is 0 Å². The molecule has 3 heterocycles. The molecular formula is C13H19ClN6S. The van der Waals surface area contributed by atoms with Gasteiger partial charge in [-0.05, 0) is 19.3 Å². The molecule has 21 heavy (non-hydrogen) atoms. The number of alkyl halides is 1. The lowest BCUT2D eigenvalue weighted by molar-refractivity contribution is 0.725. The highest BCUT2D eigenvalue weighted by Crippen LogP contribution is 2.31. The Morgan fingerprint density at radius 2 is 2.24 bits per heavy atom. The predicted octanol–water partition coefficient (Wildman–Crippen LogP) is 2.47. The molecule has 8 heteroatoms. The van der Waals surface area contributed by atoms with Crippen LogP contribution in [0.5, 0.6) is 0 Å². The van der Waals surface area contributed by atoms with E-state index >= 15 is 0 Å². The SMILES string of the molecule is CCCSc1nc(N2CCC[C@H]2CCl)c2nnn(C)c2n1. The number of hydrogen-bond acceptors (Lipinski definition) is 6. The first-order valence-corrected chi connectivity index (χ1v) is 8.79. The van der Waals surface area contributed by atoms with E-state index in [9.17, 15) is 0 Å². The summed E-state index contributed by atoms with van der Waals surface area (Å²) >= 11 is 7.78. The van der Waals surface area contributed by atoms with Crippen molar-refractivity contribution in [2.24, 2.45) is 7.05 Å². The van der Waals surface area contributed by atoms with Crippen LogP contribution in [0.25, 0.3) is 11.2 Å². The molecular weight excluding hydrogens is 308 g/mol. The minimum absolute atomic E-state index is 0.329. The molecule has 1 aliphatic rings. The molecule has 2 aromatic heterocycles. The smallest absolute Gasteiger partial charge is 0.191 e. The predicted molar refractivity (Wildman–Crippen MR) is 86.2 cm³/mol. The number of anilines is 1. The second-order valence-corrected chi connectivity index (χ2v) is 6.58. The number of halogens is 1. The first-order valence-electron chi connectivity index (χ1n) is 7.27. The molecule has 0 bridgehead atoms. The van der Waals surface area contributed by atoms with E-state index < -0.39 is 0 Å². The van der Waals surface area contributed by atoms with Crippen LogP contribution < -0.4 is 4.90 Å². The molecule has 0 N–H and O–H groups in total. The van der Waals surface area contributed by atoms with Crippen molar-refractivity contribution < 1.29 is 0 Å². The van der Waals surface area contributed by atoms with Gasteiger partial charge in [-0.15, -0.1) is 16.7 Å². The molecule has 3 rings (SSSR count). The number of nitrogens with zero attached hydrogens (tertiary/aromatic N) is 6. The summed E-state index contributed by atoms with van der Waals surface area (Å²) in [5.41, 5.74) is 1.56. The van der Waals surface area contributed by atoms with Gasteiger partial charge in [-0.3, -0.25) is 0 Å². The summed E-state index contributed by atoms with van der Waals surface area (Å²) in [5.74, 6) is 2.51. The van der Waals surface area contributed by atoms with Gasteiger partial charge in [0.1, 0.15) is 0 Å². The van der Waals surface area contributed by atoms with Crippen LogP contribution in [0.2, 0.25) is 0 Å². The highest BCUT2D eigenvalue weighted by Gasteiger charge is 2.28. The first kappa shape index (κ1) is 14.8. The summed E-state index contributed by atoms with van der Waals surface area (Å²) < 4.78 is 1.71. The van der Waals surface area contributed by atoms with Crippen LogP contribution in [-0.2, 0) is 7.05 Å². The van der Waals surface area contributed by atoms with Crippen molar-refractivity contribution in [3.63, 3.8) is 0 Å². The van der Waals surface area contributed by atoms with Crippen LogP contribution in [0.4, 0.5) is 5.82 Å². The molecule has 0 aromatic carbocycles. The standard InChI is InChI=1S/C13H19ClN6S/c1-3-7-21-13-15-11-10(17-18-19(11)2)12(16-13)20-6-4-5-9(20)8-14/h9H,3-8H2,1-2H3/t9-/m0/s1. The Morgan fingerprint density at radius 3 is 3.00 bits per heavy atom. The van der Waals surface area contributed by atoms with Gasteiger partial charge in [0, 0.05) is 31.3 Å². The van der Waals surface area contributed by atoms with Crippen LogP contribution >= 0.6 is 23.4 Å². The van der Waals surface area contributed by atoms with Gasteiger partial charge >= 0.3 is 0 Å². The number of rotatable bonds is 5. The molecule has 0 spiro atoms. The molecule has 1 atom stereocenters. The van der Waals surface area contributed by atoms with E-state index in [2.05, 4.69) is 27.1 Å². The second kappa shape index (κ2) is 6.36. The monoisotopic (exact) mass is 326 g/mol. The zero-order valence-electron chi connectivity index (χ0n) is 12.3. The quantitative estimate of drug-likeness (QED) is 0.478. The van der Waals surface area contributed by atoms with Gasteiger partial charge in [0.25, 0.3) is 0 Å². The lowest BCUT2D eigenvalue weighted by atomic mass is 10.2. The van der Waals surface area contributed by atoms with Gasteiger partial charge in [0.15, 0.2) is 22.1 Å². The van der Waals surface area contributed by atoms with Gasteiger partial charge in [-0.25, -0.2) is 14.6 Å². The third-order valence-electron chi connectivity index (χ3n) is 3.67. The minimum Gasteiger partial charge on any atom is -0.350 e. The number of aromatic nitrogens is 5. The summed E-state index contributed by atoms with van der Waals surface area (Å²) in [6.07, 6.45) is 3.34. The average Bonchev–Trinajstić information content (AvgIpc) is 3.11. The summed E-state index contributed by atoms with van der Waals surface area (Å²) in [7, 11) is 1.86. The average molecular weight is 327 g/mol. The van der Waals surface area contributed by atoms with Gasteiger partial charge < -0.3 is 4.90 Å². The minimum atomic E-state index is 0.329. The fourth-order valence-electron chi connectivity index (χ4n) is 2.61. The Labute approximate surface area is 133 Å². The van der Waals surface area contributed by atoms with Gasteiger partial charge in [-0.2, -0.15) is 0 Å². The van der Waals surface area contributed by atoms with E-state index in [4.69, 9.17) is 16.6 Å². The lowest BCUT2D eigenvalue weighted by Crippen LogP contribution is -2.31. The van der Waals surface area contributed by atoms with Crippen molar-refractivity contribution in [2.45, 2.75) is 37.4 Å². The normalized spacial score (nSPS) is 18.8. The highest BCUT2D eigenvalue weighted by molar-refractivity contribution is 7.99. The number of hydrogen-bond donors (Lipinski definition) is 0. The zero-order valence-corrected chi connectivity index (χ0v) is 13.9. The molecule has 1 aliphatic heterocycles. The van der Waals surface area contributed by atoms with Crippen LogP contribution in [-0.4, -0.2) is 49.2 Å². The molecule has 0 aliphatic carbocycles. The van der Waals surface area contributed by atoms with Crippen molar-refractivity contribution in [1.82, 2.24) is 25.0 Å². The van der Waals surface area contributed by atoms with Crippen molar-refractivity contribution in [1.29, 1.82) is 0 Å². The van der Waals surface area contributed by atoms with E-state index in [0.717, 1.165) is 53.7 Å². The third-order valence-corrected chi connectivity index (χ3v) is 5.08. The van der Waals surface area contributed by atoms with E-state index in [1.165, 1.54) is 0 Å². The van der Waals surface area contributed by atoms with Crippen LogP contribution in [0.15, 0.2) is 5.16 Å². The van der Waals surface area contributed by atoms with Gasteiger partial charge in [-0.1, -0.05) is 23.9 Å². The Hall–Kier alpha value is -1.08. The molecule has 1 saturated heterocycles. The molecule has 1 fully saturated rings. The maximum atomic E-state index is 6.10. The van der Waals surface area contributed by atoms with Crippen molar-refractivity contribution in [2.75, 3.05) is 23.1 Å². The summed E-state index contributed by atoms with van der Waals surface area (Å²) in [5, 5.41) is 9.14. The van der Waals surface area contributed by atoms with Crippen molar-refractivity contribution in [3.8, 4) is 0 Å². The summed E-state index contributed by atoms with van der Waals surface area (Å²) in [6, 6.07) is 0.329. The van der Waals surface area contributed by atoms with E-state index in [1.807, 2.05) is 7.05 Å². The largest absolute Gasteiger partial charge is 0.350 e. The Bertz CT molecular complexity index is 630. The summed E-state index contributed by atoms with van der Waals surface area (Å²) in [6.45, 7) is 3.13. The molecule has 114 valence electrons. The van der Waals surface area contributed by atoms with E-state index in [-0.39, 0.29) is 0 Å². The van der Waals surface area contributed by atoms with Crippen LogP contribution in [0, 0.1) is 0 Å². The Balaban J connectivity index is 2.06. The number of fused-ring (bicyclic) bond motifs is 1. The maximum absolute atomic E-state index is 6.10. The van der Waals surface area contributed by atoms with Crippen molar-refractivity contribution >= 4 is 40.3 Å². The molecule has 0 unspecified atom stereocenters. The molecule has 0 amide bonds. The molecule has 6 nitrogen and oxygen atoms in total. The lowest BCUT2D eigenvalue weighted by Gasteiger charge is -2.24. The van der Waals surface area contributed by atoms with E-state index in [1.54, 1.807) is 16.4 Å². The third kappa shape index (κ3) is 2.81. The Kier molecular flexibility index (Phi) is 4.49. The van der Waals surface area contributed by atoms with Crippen LogP contribution in [0.3, 0.4) is 0 Å². The van der Waals surface area contributed by atoms with Crippen LogP contribution in [0.1, 0.15) is 26.2 Å².